The zero-order valence-corrected chi connectivity index (χ0v) is 18.9. The van der Waals surface area contributed by atoms with E-state index >= 15 is 0 Å². The van der Waals surface area contributed by atoms with E-state index in [4.69, 9.17) is 16.0 Å². The molecule has 5 heteroatoms. The van der Waals surface area contributed by atoms with Crippen LogP contribution in [0.2, 0.25) is 0 Å². The Morgan fingerprint density at radius 1 is 0.912 bits per heavy atom. The van der Waals surface area contributed by atoms with Crippen LogP contribution in [0.5, 0.6) is 5.75 Å². The number of hydrogen-bond acceptors (Lipinski definition) is 4. The van der Waals surface area contributed by atoms with Crippen molar-refractivity contribution in [3.05, 3.63) is 113 Å². The van der Waals surface area contributed by atoms with Gasteiger partial charge in [-0.15, -0.1) is 0 Å². The van der Waals surface area contributed by atoms with Crippen molar-refractivity contribution >= 4 is 33.7 Å². The topological polar surface area (TPSA) is 52.8 Å². The van der Waals surface area contributed by atoms with Crippen molar-refractivity contribution in [3.63, 3.8) is 0 Å². The Morgan fingerprint density at radius 2 is 1.62 bits per heavy atom. The summed E-state index contributed by atoms with van der Waals surface area (Å²) in [6.07, 6.45) is 0. The van der Waals surface area contributed by atoms with Gasteiger partial charge >= 0.3 is 0 Å². The van der Waals surface area contributed by atoms with Crippen molar-refractivity contribution in [1.29, 1.82) is 0 Å². The lowest BCUT2D eigenvalue weighted by atomic mass is 9.92. The predicted octanol–water partition coefficient (Wildman–Crippen LogP) is 6.61. The molecule has 0 radical (unpaired) electrons. The van der Waals surface area contributed by atoms with E-state index in [0.29, 0.717) is 29.4 Å². The summed E-state index contributed by atoms with van der Waals surface area (Å²) in [5.41, 5.74) is 3.42. The number of rotatable bonds is 5. The van der Waals surface area contributed by atoms with E-state index < -0.39 is 5.60 Å². The molecule has 1 aromatic heterocycles. The molecule has 3 aromatic carbocycles. The summed E-state index contributed by atoms with van der Waals surface area (Å²) >= 11 is 0. The van der Waals surface area contributed by atoms with Gasteiger partial charge in [-0.05, 0) is 43.7 Å². The van der Waals surface area contributed by atoms with Crippen LogP contribution in [0.1, 0.15) is 30.7 Å². The van der Waals surface area contributed by atoms with Crippen LogP contribution in [-0.4, -0.2) is 16.4 Å². The summed E-state index contributed by atoms with van der Waals surface area (Å²) in [5.74, 6) is 1.14. The molecule has 0 aliphatic carbocycles. The standard InChI is InChI=1S/C29H22N2O3/c1-29(2)28(32)26(27(34-29)21-9-13-22(30-3)14-10-21)20-11-16-24(17-12-20)33-18-23-15-8-19-6-4-5-7-25(19)31-23/h4-17H,18H2,1-2H3. The molecular weight excluding hydrogens is 424 g/mol. The summed E-state index contributed by atoms with van der Waals surface area (Å²) in [6.45, 7) is 11.0. The van der Waals surface area contributed by atoms with Gasteiger partial charge < -0.3 is 9.47 Å². The first-order chi connectivity index (χ1) is 16.4. The maximum absolute atomic E-state index is 13.2. The van der Waals surface area contributed by atoms with Gasteiger partial charge in [-0.2, -0.15) is 0 Å². The summed E-state index contributed by atoms with van der Waals surface area (Å²) in [5, 5.41) is 1.09. The van der Waals surface area contributed by atoms with Crippen LogP contribution in [-0.2, 0) is 16.1 Å². The fourth-order valence-electron chi connectivity index (χ4n) is 3.97. The van der Waals surface area contributed by atoms with Gasteiger partial charge in [0.05, 0.1) is 23.4 Å². The quantitative estimate of drug-likeness (QED) is 0.324. The highest BCUT2D eigenvalue weighted by molar-refractivity contribution is 6.32. The smallest absolute Gasteiger partial charge is 0.210 e. The lowest BCUT2D eigenvalue weighted by Crippen LogP contribution is -2.29. The third kappa shape index (κ3) is 4.02. The average molecular weight is 447 g/mol. The molecule has 34 heavy (non-hydrogen) atoms. The largest absolute Gasteiger partial charge is 0.487 e. The van der Waals surface area contributed by atoms with E-state index in [1.807, 2.05) is 72.8 Å². The lowest BCUT2D eigenvalue weighted by molar-refractivity contribution is -0.125. The van der Waals surface area contributed by atoms with Gasteiger partial charge in [0.25, 0.3) is 0 Å². The van der Waals surface area contributed by atoms with Gasteiger partial charge in [0, 0.05) is 10.9 Å². The molecule has 0 saturated carbocycles. The highest BCUT2D eigenvalue weighted by atomic mass is 16.5. The second-order valence-electron chi connectivity index (χ2n) is 8.61. The maximum atomic E-state index is 13.2. The van der Waals surface area contributed by atoms with E-state index in [0.717, 1.165) is 27.7 Å². The van der Waals surface area contributed by atoms with Crippen LogP contribution < -0.4 is 4.74 Å². The molecule has 0 atom stereocenters. The number of para-hydroxylation sites is 1. The molecule has 0 bridgehead atoms. The monoisotopic (exact) mass is 446 g/mol. The fraction of sp³-hybridized carbons (Fsp3) is 0.138. The highest BCUT2D eigenvalue weighted by Gasteiger charge is 2.42. The van der Waals surface area contributed by atoms with Gasteiger partial charge in [-0.25, -0.2) is 9.83 Å². The first-order valence-corrected chi connectivity index (χ1v) is 11.0. The molecule has 0 fully saturated rings. The number of fused-ring (bicyclic) bond motifs is 1. The zero-order chi connectivity index (χ0) is 23.7. The molecule has 166 valence electrons. The number of pyridine rings is 1. The molecule has 0 N–H and O–H groups in total. The molecule has 2 heterocycles. The van der Waals surface area contributed by atoms with Crippen molar-refractivity contribution < 1.29 is 14.3 Å². The highest BCUT2D eigenvalue weighted by Crippen LogP contribution is 2.41. The number of ether oxygens (including phenoxy) is 2. The third-order valence-corrected chi connectivity index (χ3v) is 5.80. The lowest BCUT2D eigenvalue weighted by Gasteiger charge is -2.17. The SMILES string of the molecule is [C-]#[N+]c1ccc(C2=C(c3ccc(OCc4ccc5ccccc5n4)cc3)C(=O)C(C)(C)O2)cc1. The van der Waals surface area contributed by atoms with E-state index in [9.17, 15) is 4.79 Å². The summed E-state index contributed by atoms with van der Waals surface area (Å²) < 4.78 is 12.0. The van der Waals surface area contributed by atoms with Gasteiger partial charge in [-0.3, -0.25) is 4.79 Å². The second-order valence-corrected chi connectivity index (χ2v) is 8.61. The van der Waals surface area contributed by atoms with Crippen LogP contribution in [0, 0.1) is 6.57 Å². The maximum Gasteiger partial charge on any atom is 0.210 e. The molecule has 0 unspecified atom stereocenters. The number of nitrogens with zero attached hydrogens (tertiary/aromatic N) is 2. The van der Waals surface area contributed by atoms with Crippen molar-refractivity contribution in [2.75, 3.05) is 0 Å². The molecule has 1 aliphatic rings. The molecule has 0 spiro atoms. The number of carbonyl (C=O) groups excluding carboxylic acids is 1. The Labute approximate surface area is 198 Å². The van der Waals surface area contributed by atoms with Crippen LogP contribution >= 0.6 is 0 Å². The Kier molecular flexibility index (Phi) is 5.35. The number of Topliss-reactive ketones (excluding diaryl/α,β-unsaturated/α-hetero) is 1. The Hall–Kier alpha value is -4.43. The number of aromatic nitrogens is 1. The van der Waals surface area contributed by atoms with Crippen LogP contribution in [0.25, 0.3) is 27.1 Å². The Bertz CT molecular complexity index is 1460. The van der Waals surface area contributed by atoms with Crippen LogP contribution in [0.4, 0.5) is 5.69 Å². The van der Waals surface area contributed by atoms with Crippen molar-refractivity contribution in [2.24, 2.45) is 0 Å². The first-order valence-electron chi connectivity index (χ1n) is 11.0. The number of hydrogen-bond donors (Lipinski definition) is 0. The van der Waals surface area contributed by atoms with Gasteiger partial charge in [0.1, 0.15) is 18.1 Å². The van der Waals surface area contributed by atoms with E-state index in [1.165, 1.54) is 0 Å². The second kappa shape index (κ2) is 8.49. The minimum atomic E-state index is -0.958. The molecule has 0 saturated heterocycles. The third-order valence-electron chi connectivity index (χ3n) is 5.80. The molecule has 4 aromatic rings. The first kappa shape index (κ1) is 21.4. The summed E-state index contributed by atoms with van der Waals surface area (Å²) in [6, 6.07) is 26.5. The van der Waals surface area contributed by atoms with Gasteiger partial charge in [0.15, 0.2) is 11.3 Å². The van der Waals surface area contributed by atoms with Crippen molar-refractivity contribution in [3.8, 4) is 5.75 Å². The summed E-state index contributed by atoms with van der Waals surface area (Å²) in [4.78, 5) is 21.2. The number of benzene rings is 3. The average Bonchev–Trinajstić information content (AvgIpc) is 3.11. The number of ketones is 1. The minimum absolute atomic E-state index is 0.0780. The number of carbonyl (C=O) groups is 1. The summed E-state index contributed by atoms with van der Waals surface area (Å²) in [7, 11) is 0. The Balaban J connectivity index is 1.39. The fourth-order valence-corrected chi connectivity index (χ4v) is 3.97. The minimum Gasteiger partial charge on any atom is -0.487 e. The molecule has 0 amide bonds. The van der Waals surface area contributed by atoms with Gasteiger partial charge in [-0.1, -0.05) is 60.7 Å². The Morgan fingerprint density at radius 3 is 2.35 bits per heavy atom. The van der Waals surface area contributed by atoms with Crippen LogP contribution in [0.3, 0.4) is 0 Å². The molecular formula is C29H22N2O3. The molecule has 1 aliphatic heterocycles. The van der Waals surface area contributed by atoms with E-state index in [2.05, 4.69) is 9.83 Å². The zero-order valence-electron chi connectivity index (χ0n) is 18.9. The molecule has 5 nitrogen and oxygen atoms in total. The van der Waals surface area contributed by atoms with Crippen molar-refractivity contribution in [2.45, 2.75) is 26.1 Å². The normalized spacial score (nSPS) is 14.7. The predicted molar refractivity (Wildman–Crippen MR) is 132 cm³/mol. The van der Waals surface area contributed by atoms with E-state index in [-0.39, 0.29) is 5.78 Å². The van der Waals surface area contributed by atoms with E-state index in [1.54, 1.807) is 26.0 Å². The van der Waals surface area contributed by atoms with Crippen molar-refractivity contribution in [1.82, 2.24) is 4.98 Å². The van der Waals surface area contributed by atoms with Gasteiger partial charge in [0.2, 0.25) is 5.78 Å². The van der Waals surface area contributed by atoms with Crippen LogP contribution in [0.15, 0.2) is 84.9 Å². The molecule has 5 rings (SSSR count).